The Bertz CT molecular complexity index is 1620. The SMILES string of the molecule is Cc1c(Cc2ccc(F)c(S(=O)(=O)NC(=O)C3CNCCO3)c2)c(=O)oc2cc(OC(=O)N(C)C)c(Cl)cc12. The van der Waals surface area contributed by atoms with Gasteiger partial charge in [-0.05, 0) is 36.2 Å². The number of hydrogen-bond donors (Lipinski definition) is 2. The molecule has 0 aliphatic carbocycles. The Balaban J connectivity index is 1.64. The van der Waals surface area contributed by atoms with E-state index >= 15 is 0 Å². The number of morpholine rings is 1. The minimum absolute atomic E-state index is 0.00278. The van der Waals surface area contributed by atoms with Gasteiger partial charge in [0.05, 0.1) is 11.6 Å². The van der Waals surface area contributed by atoms with E-state index in [2.05, 4.69) is 5.32 Å². The van der Waals surface area contributed by atoms with Gasteiger partial charge in [0.15, 0.2) is 5.75 Å². The molecule has 39 heavy (non-hydrogen) atoms. The monoisotopic (exact) mass is 581 g/mol. The Morgan fingerprint density at radius 2 is 2.00 bits per heavy atom. The molecule has 1 saturated heterocycles. The number of carbonyl (C=O) groups is 2. The number of benzene rings is 2. The molecule has 1 aliphatic heterocycles. The lowest BCUT2D eigenvalue weighted by Crippen LogP contribution is -2.49. The number of nitrogens with one attached hydrogen (secondary N) is 2. The topological polar surface area (TPSA) is 144 Å². The number of carbonyl (C=O) groups excluding carboxylic acids is 2. The molecule has 0 radical (unpaired) electrons. The molecule has 1 aromatic heterocycles. The predicted molar refractivity (Wildman–Crippen MR) is 139 cm³/mol. The molecular formula is C25H25ClFN3O8S. The summed E-state index contributed by atoms with van der Waals surface area (Å²) in [5.41, 5.74) is 0.333. The molecule has 2 aromatic carbocycles. The van der Waals surface area contributed by atoms with Crippen molar-refractivity contribution in [3.8, 4) is 5.75 Å². The van der Waals surface area contributed by atoms with E-state index in [1.165, 1.54) is 37.2 Å². The van der Waals surface area contributed by atoms with Crippen molar-refractivity contribution in [3.05, 3.63) is 68.3 Å². The molecule has 0 bridgehead atoms. The van der Waals surface area contributed by atoms with Crippen LogP contribution in [0.3, 0.4) is 0 Å². The summed E-state index contributed by atoms with van der Waals surface area (Å²) in [6.07, 6.45) is -1.82. The van der Waals surface area contributed by atoms with Gasteiger partial charge in [0.1, 0.15) is 22.4 Å². The molecular weight excluding hydrogens is 557 g/mol. The first-order valence-electron chi connectivity index (χ1n) is 11.7. The average Bonchev–Trinajstić information content (AvgIpc) is 2.88. The maximum Gasteiger partial charge on any atom is 0.414 e. The van der Waals surface area contributed by atoms with Gasteiger partial charge in [-0.3, -0.25) is 4.79 Å². The fourth-order valence-electron chi connectivity index (χ4n) is 3.91. The van der Waals surface area contributed by atoms with Crippen molar-refractivity contribution in [2.24, 2.45) is 0 Å². The minimum atomic E-state index is -4.58. The van der Waals surface area contributed by atoms with Crippen LogP contribution in [0.1, 0.15) is 16.7 Å². The number of fused-ring (bicyclic) bond motifs is 1. The van der Waals surface area contributed by atoms with Gasteiger partial charge in [0.2, 0.25) is 0 Å². The van der Waals surface area contributed by atoms with E-state index in [-0.39, 0.29) is 47.1 Å². The Labute approximate surface area is 227 Å². The Kier molecular flexibility index (Phi) is 8.25. The number of sulfonamides is 1. The van der Waals surface area contributed by atoms with Crippen molar-refractivity contribution in [2.75, 3.05) is 33.8 Å². The molecule has 0 spiro atoms. The smallest absolute Gasteiger partial charge is 0.414 e. The van der Waals surface area contributed by atoms with Crippen molar-refractivity contribution in [1.29, 1.82) is 0 Å². The summed E-state index contributed by atoms with van der Waals surface area (Å²) in [5.74, 6) is -2.00. The van der Waals surface area contributed by atoms with Crippen LogP contribution in [0.25, 0.3) is 11.0 Å². The van der Waals surface area contributed by atoms with Crippen LogP contribution in [0.2, 0.25) is 5.02 Å². The quantitative estimate of drug-likeness (QED) is 0.419. The molecule has 2 N–H and O–H groups in total. The summed E-state index contributed by atoms with van der Waals surface area (Å²) in [6.45, 7) is 2.51. The first-order chi connectivity index (χ1) is 18.4. The van der Waals surface area contributed by atoms with Crippen molar-refractivity contribution in [2.45, 2.75) is 24.3 Å². The van der Waals surface area contributed by atoms with Gasteiger partial charge in [-0.15, -0.1) is 0 Å². The predicted octanol–water partition coefficient (Wildman–Crippen LogP) is 2.34. The highest BCUT2D eigenvalue weighted by Crippen LogP contribution is 2.33. The Hall–Kier alpha value is -3.52. The summed E-state index contributed by atoms with van der Waals surface area (Å²) in [7, 11) is -1.59. The van der Waals surface area contributed by atoms with E-state index in [0.717, 1.165) is 12.1 Å². The van der Waals surface area contributed by atoms with Crippen molar-refractivity contribution in [3.63, 3.8) is 0 Å². The van der Waals surface area contributed by atoms with E-state index in [9.17, 15) is 27.2 Å². The van der Waals surface area contributed by atoms with Gasteiger partial charge in [-0.25, -0.2) is 27.1 Å². The van der Waals surface area contributed by atoms with Crippen LogP contribution in [-0.4, -0.2) is 65.2 Å². The third-order valence-corrected chi connectivity index (χ3v) is 7.68. The fraction of sp³-hybridized carbons (Fsp3) is 0.320. The highest BCUT2D eigenvalue weighted by molar-refractivity contribution is 7.90. The third-order valence-electron chi connectivity index (χ3n) is 6.02. The molecule has 2 heterocycles. The van der Waals surface area contributed by atoms with Crippen molar-refractivity contribution in [1.82, 2.24) is 14.9 Å². The molecule has 0 saturated carbocycles. The van der Waals surface area contributed by atoms with Crippen LogP contribution >= 0.6 is 11.6 Å². The summed E-state index contributed by atoms with van der Waals surface area (Å²) < 4.78 is 58.0. The zero-order valence-corrected chi connectivity index (χ0v) is 22.7. The van der Waals surface area contributed by atoms with Crippen LogP contribution in [0.4, 0.5) is 9.18 Å². The molecule has 1 atom stereocenters. The molecule has 14 heteroatoms. The molecule has 4 rings (SSSR count). The largest absolute Gasteiger partial charge is 0.422 e. The van der Waals surface area contributed by atoms with Gasteiger partial charge in [0.25, 0.3) is 15.9 Å². The van der Waals surface area contributed by atoms with E-state index in [4.69, 9.17) is 25.5 Å². The summed E-state index contributed by atoms with van der Waals surface area (Å²) >= 11 is 6.29. The summed E-state index contributed by atoms with van der Waals surface area (Å²) in [4.78, 5) is 37.6. The van der Waals surface area contributed by atoms with Crippen LogP contribution in [0, 0.1) is 12.7 Å². The first kappa shape index (κ1) is 28.5. The highest BCUT2D eigenvalue weighted by Gasteiger charge is 2.29. The maximum atomic E-state index is 14.6. The van der Waals surface area contributed by atoms with Crippen LogP contribution in [-0.2, 0) is 26.0 Å². The van der Waals surface area contributed by atoms with Gasteiger partial charge in [-0.2, -0.15) is 0 Å². The Morgan fingerprint density at radius 1 is 1.26 bits per heavy atom. The second kappa shape index (κ2) is 11.3. The first-order valence-corrected chi connectivity index (χ1v) is 13.6. The number of aryl methyl sites for hydroxylation is 1. The molecule has 1 fully saturated rings. The molecule has 208 valence electrons. The number of halogens is 2. The average molecular weight is 582 g/mol. The van der Waals surface area contributed by atoms with E-state index in [0.29, 0.717) is 17.5 Å². The third kappa shape index (κ3) is 6.22. The normalized spacial score (nSPS) is 15.7. The van der Waals surface area contributed by atoms with Crippen molar-refractivity contribution < 1.29 is 36.3 Å². The van der Waals surface area contributed by atoms with E-state index in [1.54, 1.807) is 6.92 Å². The Morgan fingerprint density at radius 3 is 2.67 bits per heavy atom. The van der Waals surface area contributed by atoms with Crippen molar-refractivity contribution >= 4 is 44.6 Å². The maximum absolute atomic E-state index is 14.6. The second-order valence-electron chi connectivity index (χ2n) is 9.01. The van der Waals surface area contributed by atoms with Gasteiger partial charge < -0.3 is 24.1 Å². The number of rotatable bonds is 6. The van der Waals surface area contributed by atoms with Gasteiger partial charge in [0, 0.05) is 50.6 Å². The lowest BCUT2D eigenvalue weighted by molar-refractivity contribution is -0.132. The number of hydrogen-bond acceptors (Lipinski definition) is 9. The summed E-state index contributed by atoms with van der Waals surface area (Å²) in [6, 6.07) is 6.12. The number of ether oxygens (including phenoxy) is 2. The van der Waals surface area contributed by atoms with Crippen LogP contribution in [0.5, 0.6) is 5.75 Å². The summed E-state index contributed by atoms with van der Waals surface area (Å²) in [5, 5.41) is 3.47. The lowest BCUT2D eigenvalue weighted by atomic mass is 9.99. The zero-order valence-electron chi connectivity index (χ0n) is 21.2. The van der Waals surface area contributed by atoms with Gasteiger partial charge >= 0.3 is 11.7 Å². The molecule has 11 nitrogen and oxygen atoms in total. The minimum Gasteiger partial charge on any atom is -0.422 e. The highest BCUT2D eigenvalue weighted by atomic mass is 35.5. The number of nitrogens with zero attached hydrogens (tertiary/aromatic N) is 1. The molecule has 1 unspecified atom stereocenters. The molecule has 1 aliphatic rings. The lowest BCUT2D eigenvalue weighted by Gasteiger charge is -2.22. The van der Waals surface area contributed by atoms with E-state index in [1.807, 2.05) is 4.72 Å². The van der Waals surface area contributed by atoms with Gasteiger partial charge in [-0.1, -0.05) is 17.7 Å². The van der Waals surface area contributed by atoms with Crippen LogP contribution in [0.15, 0.2) is 44.4 Å². The molecule has 2 amide bonds. The van der Waals surface area contributed by atoms with Crippen LogP contribution < -0.4 is 20.4 Å². The molecule has 3 aromatic rings. The fourth-order valence-corrected chi connectivity index (χ4v) is 5.25. The van der Waals surface area contributed by atoms with E-state index < -0.39 is 44.5 Å². The standard InChI is InChI=1S/C25H25ClFN3O8S/c1-13-15-10-17(26)20(38-25(33)30(2)3)11-19(15)37-24(32)16(13)8-14-4-5-18(27)22(9-14)39(34,35)29-23(31)21-12-28-6-7-36-21/h4-5,9-11,21,28H,6-8,12H2,1-3H3,(H,29,31). The number of amides is 2. The zero-order chi connectivity index (χ0) is 28.5. The second-order valence-corrected chi connectivity index (χ2v) is 11.1.